The number of anilines is 1. The fourth-order valence-corrected chi connectivity index (χ4v) is 9.19. The molecule has 2 unspecified atom stereocenters. The number of rotatable bonds is 10. The van der Waals surface area contributed by atoms with Crippen molar-refractivity contribution in [3.05, 3.63) is 101 Å². The Kier molecular flexibility index (Phi) is 10.8. The second-order valence-electron chi connectivity index (χ2n) is 15.1. The second kappa shape index (κ2) is 16.0. The van der Waals surface area contributed by atoms with Crippen LogP contribution in [-0.2, 0) is 16.1 Å². The zero-order valence-corrected chi connectivity index (χ0v) is 32.3. The number of carbonyl (C=O) groups excluding carboxylic acids is 3. The van der Waals surface area contributed by atoms with Crippen LogP contribution >= 0.6 is 11.3 Å². The predicted molar refractivity (Wildman–Crippen MR) is 214 cm³/mol. The van der Waals surface area contributed by atoms with E-state index in [4.69, 9.17) is 4.98 Å². The van der Waals surface area contributed by atoms with Crippen LogP contribution in [0, 0.1) is 5.82 Å². The number of amides is 3. The lowest BCUT2D eigenvalue weighted by Crippen LogP contribution is -2.39. The number of aliphatic hydroxyl groups excluding tert-OH is 1. The Morgan fingerprint density at radius 3 is 2.54 bits per heavy atom. The third-order valence-corrected chi connectivity index (χ3v) is 12.3. The number of thiazole rings is 1. The molecule has 2 N–H and O–H groups in total. The summed E-state index contributed by atoms with van der Waals surface area (Å²) < 4.78 is 18.0. The van der Waals surface area contributed by atoms with E-state index >= 15 is 4.39 Å². The van der Waals surface area contributed by atoms with Crippen LogP contribution in [-0.4, -0.2) is 99.1 Å². The van der Waals surface area contributed by atoms with E-state index in [1.807, 2.05) is 18.2 Å². The van der Waals surface area contributed by atoms with Crippen molar-refractivity contribution in [2.75, 3.05) is 45.2 Å². The van der Waals surface area contributed by atoms with Gasteiger partial charge in [0.15, 0.2) is 0 Å². The first kappa shape index (κ1) is 37.6. The summed E-state index contributed by atoms with van der Waals surface area (Å²) in [6.07, 6.45) is 8.71. The molecule has 0 bridgehead atoms. The topological polar surface area (TPSA) is 137 Å². The fraction of sp³-hybridized carbons (Fsp3) is 0.381. The zero-order valence-electron chi connectivity index (χ0n) is 31.5. The third kappa shape index (κ3) is 7.86. The quantitative estimate of drug-likeness (QED) is 0.169. The second-order valence-corrected chi connectivity index (χ2v) is 16.1. The van der Waals surface area contributed by atoms with Gasteiger partial charge in [0, 0.05) is 77.0 Å². The van der Waals surface area contributed by atoms with Gasteiger partial charge in [-0.1, -0.05) is 41.6 Å². The highest BCUT2D eigenvalue weighted by molar-refractivity contribution is 7.19. The van der Waals surface area contributed by atoms with Gasteiger partial charge in [-0.25, -0.2) is 9.37 Å². The summed E-state index contributed by atoms with van der Waals surface area (Å²) in [6, 6.07) is 17.4. The Morgan fingerprint density at radius 2 is 1.82 bits per heavy atom. The molecule has 3 amide bonds. The van der Waals surface area contributed by atoms with Crippen LogP contribution in [0.5, 0.6) is 0 Å². The van der Waals surface area contributed by atoms with Gasteiger partial charge in [0.05, 0.1) is 28.0 Å². The summed E-state index contributed by atoms with van der Waals surface area (Å²) in [6.45, 7) is 3.30. The number of fused-ring (bicyclic) bond motifs is 1. The van der Waals surface area contributed by atoms with Crippen LogP contribution in [0.3, 0.4) is 0 Å². The Balaban J connectivity index is 0.974. The fourth-order valence-electron chi connectivity index (χ4n) is 8.12. The molecule has 290 valence electrons. The monoisotopic (exact) mass is 776 g/mol. The number of nitrogens with zero attached hydrogens (tertiary/aromatic N) is 7. The smallest absolute Gasteiger partial charge is 0.253 e. The van der Waals surface area contributed by atoms with Crippen LogP contribution in [0.4, 0.5) is 10.1 Å². The molecule has 14 heteroatoms. The average Bonchev–Trinajstić information content (AvgIpc) is 3.90. The summed E-state index contributed by atoms with van der Waals surface area (Å²) in [5.74, 6) is -1.28. The molecule has 0 aliphatic carbocycles. The predicted octanol–water partition coefficient (Wildman–Crippen LogP) is 5.80. The highest BCUT2D eigenvalue weighted by Gasteiger charge is 2.30. The molecule has 0 spiro atoms. The number of nitrogens with one attached hydrogen (secondary N) is 1. The maximum atomic E-state index is 15.4. The molecule has 2 saturated heterocycles. The van der Waals surface area contributed by atoms with E-state index < -0.39 is 12.1 Å². The lowest BCUT2D eigenvalue weighted by Gasteiger charge is -2.34. The van der Waals surface area contributed by atoms with Gasteiger partial charge < -0.3 is 14.9 Å². The SMILES string of the molecule is CN(C)C(=O)c1cc(-c2ccc(C3CCN(c4ccc(C5CCC(=O)NC5=O)cc4F)CC3)cc2)c2nc(C3=CCCN(C(O)CCn4ccnn4)C3)sc2c1. The van der Waals surface area contributed by atoms with Crippen molar-refractivity contribution in [2.24, 2.45) is 0 Å². The molecule has 3 aliphatic rings. The van der Waals surface area contributed by atoms with Crippen LogP contribution in [0.1, 0.15) is 76.9 Å². The lowest BCUT2D eigenvalue weighted by atomic mass is 9.87. The Labute approximate surface area is 328 Å². The van der Waals surface area contributed by atoms with Gasteiger partial charge in [0.25, 0.3) is 5.91 Å². The van der Waals surface area contributed by atoms with Gasteiger partial charge >= 0.3 is 0 Å². The van der Waals surface area contributed by atoms with E-state index in [2.05, 4.69) is 55.8 Å². The van der Waals surface area contributed by atoms with Crippen LogP contribution in [0.25, 0.3) is 26.9 Å². The molecule has 8 rings (SSSR count). The van der Waals surface area contributed by atoms with Crippen molar-refractivity contribution in [3.8, 4) is 11.1 Å². The highest BCUT2D eigenvalue weighted by atomic mass is 32.1. The maximum absolute atomic E-state index is 15.4. The maximum Gasteiger partial charge on any atom is 0.253 e. The first-order valence-electron chi connectivity index (χ1n) is 19.2. The Hall–Kier alpha value is -5.31. The minimum absolute atomic E-state index is 0.0768. The number of halogens is 1. The van der Waals surface area contributed by atoms with E-state index in [1.165, 1.54) is 11.6 Å². The van der Waals surface area contributed by atoms with Crippen molar-refractivity contribution in [3.63, 3.8) is 0 Å². The van der Waals surface area contributed by atoms with Gasteiger partial charge in [0.2, 0.25) is 11.8 Å². The van der Waals surface area contributed by atoms with Gasteiger partial charge in [-0.15, -0.1) is 16.4 Å². The van der Waals surface area contributed by atoms with Crippen molar-refractivity contribution < 1.29 is 23.9 Å². The molecule has 0 saturated carbocycles. The number of benzene rings is 3. The summed E-state index contributed by atoms with van der Waals surface area (Å²) in [5, 5.41) is 22.1. The number of aliphatic hydroxyl groups is 1. The van der Waals surface area contributed by atoms with Crippen molar-refractivity contribution in [1.29, 1.82) is 0 Å². The number of hydrogen-bond donors (Lipinski definition) is 2. The largest absolute Gasteiger partial charge is 0.378 e. The van der Waals surface area contributed by atoms with E-state index in [1.54, 1.807) is 53.5 Å². The van der Waals surface area contributed by atoms with Gasteiger partial charge in [-0.05, 0) is 78.1 Å². The normalized spacial score (nSPS) is 18.9. The van der Waals surface area contributed by atoms with Crippen LogP contribution < -0.4 is 10.2 Å². The molecule has 3 aliphatic heterocycles. The molecular weight excluding hydrogens is 732 g/mol. The van der Waals surface area contributed by atoms with Gasteiger partial charge in [-0.3, -0.25) is 29.3 Å². The van der Waals surface area contributed by atoms with Crippen molar-refractivity contribution in [2.45, 2.75) is 63.1 Å². The number of aryl methyl sites for hydroxylation is 1. The lowest BCUT2D eigenvalue weighted by molar-refractivity contribution is -0.134. The molecule has 12 nitrogen and oxygen atoms in total. The molecule has 0 radical (unpaired) electrons. The van der Waals surface area contributed by atoms with Gasteiger partial charge in [0.1, 0.15) is 17.1 Å². The number of aromatic nitrogens is 4. The van der Waals surface area contributed by atoms with Crippen molar-refractivity contribution >= 4 is 50.5 Å². The highest BCUT2D eigenvalue weighted by Crippen LogP contribution is 2.39. The van der Waals surface area contributed by atoms with Crippen molar-refractivity contribution in [1.82, 2.24) is 35.1 Å². The van der Waals surface area contributed by atoms with E-state index in [-0.39, 0.29) is 30.0 Å². The molecular formula is C42H45FN8O4S. The number of piperidine rings is 2. The molecule has 2 fully saturated rings. The van der Waals surface area contributed by atoms with Gasteiger partial charge in [-0.2, -0.15) is 0 Å². The average molecular weight is 777 g/mol. The number of carbonyl (C=O) groups is 3. The Bertz CT molecular complexity index is 2280. The number of hydrogen-bond acceptors (Lipinski definition) is 10. The molecule has 5 heterocycles. The first-order chi connectivity index (χ1) is 27.1. The summed E-state index contributed by atoms with van der Waals surface area (Å²) in [7, 11) is 3.51. The minimum Gasteiger partial charge on any atom is -0.378 e. The molecule has 56 heavy (non-hydrogen) atoms. The van der Waals surface area contributed by atoms with Crippen LogP contribution in [0.15, 0.2) is 73.1 Å². The van der Waals surface area contributed by atoms with E-state index in [9.17, 15) is 19.5 Å². The van der Waals surface area contributed by atoms with Crippen LogP contribution in [0.2, 0.25) is 0 Å². The Morgan fingerprint density at radius 1 is 1.04 bits per heavy atom. The zero-order chi connectivity index (χ0) is 38.9. The first-order valence-corrected chi connectivity index (χ1v) is 20.0. The van der Waals surface area contributed by atoms with E-state index in [0.29, 0.717) is 61.8 Å². The molecule has 5 aromatic rings. The minimum atomic E-state index is -0.623. The molecule has 3 aromatic carbocycles. The summed E-state index contributed by atoms with van der Waals surface area (Å²) in [4.78, 5) is 48.1. The standard InChI is InChI=1S/C42H45FN8O4S/c1-48(2)42(55)31-22-33(39-36(24-31)56-41(46-39)30-4-3-17-50(25-30)38(53)15-20-51-21-16-44-47-51)28-7-5-26(6-8-28)27-13-18-49(19-14-27)35-11-9-29(23-34(35)43)32-10-12-37(52)45-40(32)54/h4-9,11,16,21-24,27,32,38,53H,3,10,12-15,17-20,25H2,1-2H3,(H,45,52,54). The summed E-state index contributed by atoms with van der Waals surface area (Å²) in [5.41, 5.74) is 6.73. The molecule has 2 atom stereocenters. The number of imide groups is 1. The molecule has 2 aromatic heterocycles. The third-order valence-electron chi connectivity index (χ3n) is 11.3. The summed E-state index contributed by atoms with van der Waals surface area (Å²) >= 11 is 1.57. The van der Waals surface area contributed by atoms with E-state index in [0.717, 1.165) is 57.7 Å².